The normalized spacial score (nSPS) is 12.7. The Morgan fingerprint density at radius 2 is 2.06 bits per heavy atom. The summed E-state index contributed by atoms with van der Waals surface area (Å²) in [6, 6.07) is 6.56. The Kier molecular flexibility index (Phi) is 4.83. The number of thiophene rings is 1. The minimum Gasteiger partial charge on any atom is -0.387 e. The molecule has 0 radical (unpaired) electrons. The Labute approximate surface area is 130 Å². The highest BCUT2D eigenvalue weighted by molar-refractivity contribution is 9.10. The van der Waals surface area contributed by atoms with E-state index in [-0.39, 0.29) is 12.2 Å². The number of aliphatic hydroxyl groups is 1. The zero-order valence-electron chi connectivity index (χ0n) is 8.96. The van der Waals surface area contributed by atoms with Gasteiger partial charge in [0.05, 0.1) is 6.10 Å². The summed E-state index contributed by atoms with van der Waals surface area (Å²) < 4.78 is 15.7. The molecule has 1 nitrogen and oxygen atoms in total. The smallest absolute Gasteiger partial charge is 0.127 e. The fourth-order valence-corrected chi connectivity index (χ4v) is 3.58. The molecule has 0 fully saturated rings. The standard InChI is InChI=1S/C12H8Br2ClFOS/c13-7-2-1-6(9(16)4-7)3-10(17)11-5-8(14)12(15)18-11/h1-2,4-5,10,17H,3H2. The third-order valence-electron chi connectivity index (χ3n) is 2.42. The van der Waals surface area contributed by atoms with E-state index in [1.807, 2.05) is 0 Å². The molecule has 1 atom stereocenters. The molecule has 1 unspecified atom stereocenters. The third kappa shape index (κ3) is 3.33. The zero-order valence-corrected chi connectivity index (χ0v) is 13.7. The Bertz CT molecular complexity index is 554. The molecule has 0 aliphatic heterocycles. The molecule has 0 saturated carbocycles. The molecule has 0 spiro atoms. The van der Waals surface area contributed by atoms with Gasteiger partial charge < -0.3 is 5.11 Å². The van der Waals surface area contributed by atoms with Crippen LogP contribution in [0.15, 0.2) is 33.2 Å². The molecule has 96 valence electrons. The fraction of sp³-hybridized carbons (Fsp3) is 0.167. The number of hydrogen-bond donors (Lipinski definition) is 1. The first-order chi connectivity index (χ1) is 8.47. The van der Waals surface area contributed by atoms with Gasteiger partial charge in [0.1, 0.15) is 10.2 Å². The fourth-order valence-electron chi connectivity index (χ4n) is 1.52. The maximum Gasteiger partial charge on any atom is 0.127 e. The Morgan fingerprint density at radius 3 is 2.61 bits per heavy atom. The Morgan fingerprint density at radius 1 is 1.33 bits per heavy atom. The molecule has 2 rings (SSSR count). The Balaban J connectivity index is 2.18. The summed E-state index contributed by atoms with van der Waals surface area (Å²) in [6.07, 6.45) is -0.531. The second-order valence-corrected chi connectivity index (χ2v) is 7.18. The van der Waals surface area contributed by atoms with Crippen LogP contribution in [0.4, 0.5) is 4.39 Å². The van der Waals surface area contributed by atoms with E-state index in [4.69, 9.17) is 11.6 Å². The van der Waals surface area contributed by atoms with Crippen LogP contribution in [0.3, 0.4) is 0 Å². The van der Waals surface area contributed by atoms with Gasteiger partial charge in [-0.25, -0.2) is 4.39 Å². The van der Waals surface area contributed by atoms with E-state index in [1.165, 1.54) is 17.4 Å². The summed E-state index contributed by atoms with van der Waals surface area (Å²) in [5.74, 6) is -0.329. The van der Waals surface area contributed by atoms with Gasteiger partial charge in [-0.05, 0) is 39.7 Å². The molecule has 0 aliphatic rings. The molecular weight excluding hydrogens is 406 g/mol. The molecule has 1 aromatic carbocycles. The SMILES string of the molecule is OC(Cc1ccc(Br)cc1F)c1cc(Br)c(Cl)s1. The minimum absolute atomic E-state index is 0.225. The molecule has 0 amide bonds. The van der Waals surface area contributed by atoms with Gasteiger partial charge in [0.15, 0.2) is 0 Å². The van der Waals surface area contributed by atoms with Gasteiger partial charge in [-0.2, -0.15) is 0 Å². The van der Waals surface area contributed by atoms with Crippen LogP contribution in [0.2, 0.25) is 4.34 Å². The highest BCUT2D eigenvalue weighted by atomic mass is 79.9. The number of hydrogen-bond acceptors (Lipinski definition) is 2. The first-order valence-electron chi connectivity index (χ1n) is 5.04. The summed E-state index contributed by atoms with van der Waals surface area (Å²) in [6.45, 7) is 0. The van der Waals surface area contributed by atoms with Crippen LogP contribution in [0.1, 0.15) is 16.5 Å². The maximum atomic E-state index is 13.6. The van der Waals surface area contributed by atoms with Crippen molar-refractivity contribution in [2.75, 3.05) is 0 Å². The van der Waals surface area contributed by atoms with Crippen molar-refractivity contribution in [2.24, 2.45) is 0 Å². The van der Waals surface area contributed by atoms with Crippen LogP contribution < -0.4 is 0 Å². The van der Waals surface area contributed by atoms with Gasteiger partial charge in [0, 0.05) is 20.2 Å². The summed E-state index contributed by atoms with van der Waals surface area (Å²) in [5.41, 5.74) is 0.478. The largest absolute Gasteiger partial charge is 0.387 e. The molecule has 2 aromatic rings. The van der Waals surface area contributed by atoms with Crippen molar-refractivity contribution in [2.45, 2.75) is 12.5 Å². The van der Waals surface area contributed by atoms with Crippen molar-refractivity contribution in [1.29, 1.82) is 0 Å². The van der Waals surface area contributed by atoms with Crippen LogP contribution >= 0.6 is 54.8 Å². The molecular formula is C12H8Br2ClFOS. The van der Waals surface area contributed by atoms with E-state index in [1.54, 1.807) is 18.2 Å². The number of halogens is 4. The lowest BCUT2D eigenvalue weighted by molar-refractivity contribution is 0.181. The van der Waals surface area contributed by atoms with Crippen molar-refractivity contribution in [3.05, 3.63) is 53.8 Å². The highest BCUT2D eigenvalue weighted by Crippen LogP contribution is 2.36. The van der Waals surface area contributed by atoms with E-state index < -0.39 is 6.10 Å². The Hall–Kier alpha value is 0.0600. The monoisotopic (exact) mass is 412 g/mol. The van der Waals surface area contributed by atoms with Gasteiger partial charge >= 0.3 is 0 Å². The second kappa shape index (κ2) is 6.01. The van der Waals surface area contributed by atoms with Gasteiger partial charge in [0.2, 0.25) is 0 Å². The quantitative estimate of drug-likeness (QED) is 0.719. The average Bonchev–Trinajstić information content (AvgIpc) is 2.63. The maximum absolute atomic E-state index is 13.6. The summed E-state index contributed by atoms with van der Waals surface area (Å²) in [4.78, 5) is 0.717. The van der Waals surface area contributed by atoms with E-state index in [0.29, 0.717) is 19.2 Å². The van der Waals surface area contributed by atoms with Crippen LogP contribution in [-0.4, -0.2) is 5.11 Å². The van der Waals surface area contributed by atoms with Crippen molar-refractivity contribution in [3.8, 4) is 0 Å². The van der Waals surface area contributed by atoms with Crippen LogP contribution in [0.5, 0.6) is 0 Å². The third-order valence-corrected chi connectivity index (χ3v) is 5.49. The number of aliphatic hydroxyl groups excluding tert-OH is 1. The van der Waals surface area contributed by atoms with Gasteiger partial charge in [-0.15, -0.1) is 11.3 Å². The predicted octanol–water partition coefficient (Wildman–Crippen LogP) is 5.34. The summed E-state index contributed by atoms with van der Waals surface area (Å²) in [7, 11) is 0. The molecule has 1 aromatic heterocycles. The lowest BCUT2D eigenvalue weighted by atomic mass is 10.1. The average molecular weight is 415 g/mol. The van der Waals surface area contributed by atoms with E-state index in [0.717, 1.165) is 4.47 Å². The minimum atomic E-state index is -0.755. The van der Waals surface area contributed by atoms with Crippen LogP contribution in [0, 0.1) is 5.82 Å². The first-order valence-corrected chi connectivity index (χ1v) is 7.82. The van der Waals surface area contributed by atoms with Gasteiger partial charge in [-0.3, -0.25) is 0 Å². The molecule has 0 bridgehead atoms. The van der Waals surface area contributed by atoms with Gasteiger partial charge in [0.25, 0.3) is 0 Å². The molecule has 1 heterocycles. The highest BCUT2D eigenvalue weighted by Gasteiger charge is 2.15. The predicted molar refractivity (Wildman–Crippen MR) is 79.8 cm³/mol. The molecule has 18 heavy (non-hydrogen) atoms. The lowest BCUT2D eigenvalue weighted by Gasteiger charge is -2.09. The van der Waals surface area contributed by atoms with Gasteiger partial charge in [-0.1, -0.05) is 33.6 Å². The van der Waals surface area contributed by atoms with E-state index in [2.05, 4.69) is 31.9 Å². The summed E-state index contributed by atoms with van der Waals surface area (Å²) in [5, 5.41) is 10.1. The zero-order chi connectivity index (χ0) is 13.3. The van der Waals surface area contributed by atoms with E-state index >= 15 is 0 Å². The van der Waals surface area contributed by atoms with E-state index in [9.17, 15) is 9.50 Å². The topological polar surface area (TPSA) is 20.2 Å². The van der Waals surface area contributed by atoms with Crippen molar-refractivity contribution < 1.29 is 9.50 Å². The van der Waals surface area contributed by atoms with Crippen molar-refractivity contribution in [1.82, 2.24) is 0 Å². The number of rotatable bonds is 3. The molecule has 6 heteroatoms. The van der Waals surface area contributed by atoms with Crippen LogP contribution in [-0.2, 0) is 6.42 Å². The molecule has 1 N–H and O–H groups in total. The van der Waals surface area contributed by atoms with Crippen molar-refractivity contribution >= 4 is 54.8 Å². The van der Waals surface area contributed by atoms with Crippen molar-refractivity contribution in [3.63, 3.8) is 0 Å². The lowest BCUT2D eigenvalue weighted by Crippen LogP contribution is -2.01. The molecule has 0 aliphatic carbocycles. The molecule has 0 saturated heterocycles. The number of benzene rings is 1. The second-order valence-electron chi connectivity index (χ2n) is 3.73. The summed E-state index contributed by atoms with van der Waals surface area (Å²) >= 11 is 13.7. The van der Waals surface area contributed by atoms with Crippen LogP contribution in [0.25, 0.3) is 0 Å². The first kappa shape index (κ1) is 14.5.